The van der Waals surface area contributed by atoms with Crippen LogP contribution in [0, 0.1) is 6.92 Å². The molecule has 1 rings (SSSR count). The first-order valence-electron chi connectivity index (χ1n) is 5.88. The summed E-state index contributed by atoms with van der Waals surface area (Å²) in [4.78, 5) is 11.6. The summed E-state index contributed by atoms with van der Waals surface area (Å²) in [5.41, 5.74) is 7.40. The Balaban J connectivity index is 2.86. The minimum Gasteiger partial charge on any atom is -0.325 e. The van der Waals surface area contributed by atoms with E-state index in [-0.39, 0.29) is 5.91 Å². The van der Waals surface area contributed by atoms with Crippen molar-refractivity contribution in [1.29, 1.82) is 0 Å². The van der Waals surface area contributed by atoms with E-state index in [2.05, 4.69) is 10.0 Å². The van der Waals surface area contributed by atoms with Gasteiger partial charge in [-0.1, -0.05) is 6.92 Å². The van der Waals surface area contributed by atoms with E-state index in [1.165, 1.54) is 0 Å². The summed E-state index contributed by atoms with van der Waals surface area (Å²) >= 11 is 0. The van der Waals surface area contributed by atoms with Gasteiger partial charge in [0.25, 0.3) is 0 Å². The molecule has 1 unspecified atom stereocenters. The van der Waals surface area contributed by atoms with Gasteiger partial charge >= 0.3 is 0 Å². The third-order valence-corrected chi connectivity index (χ3v) is 3.16. The molecule has 106 valence electrons. The molecule has 0 aliphatic rings. The second-order valence-corrected chi connectivity index (χ2v) is 6.16. The minimum absolute atomic E-state index is 0.259. The van der Waals surface area contributed by atoms with Gasteiger partial charge in [0, 0.05) is 5.69 Å². The number of aryl methyl sites for hydroxylation is 1. The summed E-state index contributed by atoms with van der Waals surface area (Å²) in [6.07, 6.45) is 1.64. The SMILES string of the molecule is CCC(N)C(=O)Nc1ccc(NS(C)(=O)=O)c(C)c1. The van der Waals surface area contributed by atoms with Gasteiger partial charge in [0.05, 0.1) is 18.0 Å². The van der Waals surface area contributed by atoms with Crippen LogP contribution in [0.1, 0.15) is 18.9 Å². The Labute approximate surface area is 113 Å². The molecule has 0 saturated carbocycles. The number of nitrogens with two attached hydrogens (primary N) is 1. The Morgan fingerprint density at radius 2 is 2.05 bits per heavy atom. The molecule has 0 aliphatic heterocycles. The van der Waals surface area contributed by atoms with Crippen LogP contribution in [0.4, 0.5) is 11.4 Å². The molecule has 0 radical (unpaired) electrons. The molecular formula is C12H19N3O3S. The van der Waals surface area contributed by atoms with Gasteiger partial charge in [-0.15, -0.1) is 0 Å². The lowest BCUT2D eigenvalue weighted by Gasteiger charge is -2.12. The molecule has 1 atom stereocenters. The Kier molecular flexibility index (Phi) is 4.90. The maximum absolute atomic E-state index is 11.6. The van der Waals surface area contributed by atoms with Gasteiger partial charge in [-0.2, -0.15) is 0 Å². The second kappa shape index (κ2) is 6.03. The summed E-state index contributed by atoms with van der Waals surface area (Å²) in [5.74, 6) is -0.259. The first-order chi connectivity index (χ1) is 8.73. The zero-order valence-corrected chi connectivity index (χ0v) is 12.0. The van der Waals surface area contributed by atoms with Crippen molar-refractivity contribution in [1.82, 2.24) is 0 Å². The molecule has 0 bridgehead atoms. The zero-order valence-electron chi connectivity index (χ0n) is 11.2. The van der Waals surface area contributed by atoms with Crippen LogP contribution in [0.3, 0.4) is 0 Å². The molecule has 0 fully saturated rings. The van der Waals surface area contributed by atoms with Crippen LogP contribution < -0.4 is 15.8 Å². The van der Waals surface area contributed by atoms with Crippen molar-refractivity contribution in [2.75, 3.05) is 16.3 Å². The number of anilines is 2. The maximum atomic E-state index is 11.6. The Morgan fingerprint density at radius 1 is 1.42 bits per heavy atom. The van der Waals surface area contributed by atoms with Crippen LogP contribution in [0.25, 0.3) is 0 Å². The Bertz CT molecular complexity index is 570. The highest BCUT2D eigenvalue weighted by molar-refractivity contribution is 7.92. The summed E-state index contributed by atoms with van der Waals surface area (Å²) in [6.45, 7) is 3.58. The lowest BCUT2D eigenvalue weighted by molar-refractivity contribution is -0.117. The monoisotopic (exact) mass is 285 g/mol. The summed E-state index contributed by atoms with van der Waals surface area (Å²) in [5, 5.41) is 2.68. The lowest BCUT2D eigenvalue weighted by atomic mass is 10.1. The smallest absolute Gasteiger partial charge is 0.241 e. The van der Waals surface area contributed by atoms with Crippen LogP contribution in [0.5, 0.6) is 0 Å². The molecule has 0 spiro atoms. The molecule has 0 saturated heterocycles. The topological polar surface area (TPSA) is 101 Å². The number of hydrogen-bond donors (Lipinski definition) is 3. The van der Waals surface area contributed by atoms with Gasteiger partial charge in [0.2, 0.25) is 15.9 Å². The van der Waals surface area contributed by atoms with Crippen molar-refractivity contribution in [2.24, 2.45) is 5.73 Å². The fraction of sp³-hybridized carbons (Fsp3) is 0.417. The third kappa shape index (κ3) is 4.88. The number of hydrogen-bond acceptors (Lipinski definition) is 4. The normalized spacial score (nSPS) is 12.8. The van der Waals surface area contributed by atoms with Crippen molar-refractivity contribution in [3.05, 3.63) is 23.8 Å². The molecule has 1 amide bonds. The van der Waals surface area contributed by atoms with Crippen LogP contribution in [-0.4, -0.2) is 26.6 Å². The molecule has 0 heterocycles. The van der Waals surface area contributed by atoms with Gasteiger partial charge < -0.3 is 11.1 Å². The fourth-order valence-electron chi connectivity index (χ4n) is 1.48. The van der Waals surface area contributed by atoms with Crippen molar-refractivity contribution in [2.45, 2.75) is 26.3 Å². The quantitative estimate of drug-likeness (QED) is 0.752. The molecule has 7 heteroatoms. The van der Waals surface area contributed by atoms with Crippen molar-refractivity contribution in [3.8, 4) is 0 Å². The fourth-order valence-corrected chi connectivity index (χ4v) is 2.10. The Morgan fingerprint density at radius 3 is 2.53 bits per heavy atom. The van der Waals surface area contributed by atoms with E-state index < -0.39 is 16.1 Å². The average molecular weight is 285 g/mol. The largest absolute Gasteiger partial charge is 0.325 e. The highest BCUT2D eigenvalue weighted by Crippen LogP contribution is 2.20. The number of carbonyl (C=O) groups excluding carboxylic acids is 1. The third-order valence-electron chi connectivity index (χ3n) is 2.57. The standard InChI is InChI=1S/C12H19N3O3S/c1-4-10(13)12(16)14-9-5-6-11(8(2)7-9)15-19(3,17)18/h5-7,10,15H,4,13H2,1-3H3,(H,14,16). The van der Waals surface area contributed by atoms with Gasteiger partial charge in [-0.25, -0.2) is 8.42 Å². The lowest BCUT2D eigenvalue weighted by Crippen LogP contribution is -2.34. The van der Waals surface area contributed by atoms with E-state index in [0.29, 0.717) is 23.4 Å². The van der Waals surface area contributed by atoms with E-state index in [0.717, 1.165) is 6.26 Å². The van der Waals surface area contributed by atoms with Crippen LogP contribution in [-0.2, 0) is 14.8 Å². The van der Waals surface area contributed by atoms with Crippen LogP contribution in [0.2, 0.25) is 0 Å². The first kappa shape index (κ1) is 15.5. The Hall–Kier alpha value is -1.60. The molecular weight excluding hydrogens is 266 g/mol. The van der Waals surface area contributed by atoms with Crippen molar-refractivity contribution in [3.63, 3.8) is 0 Å². The van der Waals surface area contributed by atoms with E-state index in [9.17, 15) is 13.2 Å². The maximum Gasteiger partial charge on any atom is 0.241 e. The molecule has 1 aromatic rings. The highest BCUT2D eigenvalue weighted by Gasteiger charge is 2.12. The number of benzene rings is 1. The molecule has 6 nitrogen and oxygen atoms in total. The summed E-state index contributed by atoms with van der Waals surface area (Å²) in [7, 11) is -3.31. The second-order valence-electron chi connectivity index (χ2n) is 4.41. The minimum atomic E-state index is -3.31. The van der Waals surface area contributed by atoms with E-state index in [1.807, 2.05) is 6.92 Å². The highest BCUT2D eigenvalue weighted by atomic mass is 32.2. The molecule has 4 N–H and O–H groups in total. The number of nitrogens with one attached hydrogen (secondary N) is 2. The molecule has 1 aromatic carbocycles. The van der Waals surface area contributed by atoms with Crippen molar-refractivity contribution >= 4 is 27.3 Å². The molecule has 0 aromatic heterocycles. The van der Waals surface area contributed by atoms with Gasteiger partial charge in [-0.3, -0.25) is 9.52 Å². The average Bonchev–Trinajstić information content (AvgIpc) is 2.30. The van der Waals surface area contributed by atoms with Gasteiger partial charge in [-0.05, 0) is 37.1 Å². The van der Waals surface area contributed by atoms with E-state index >= 15 is 0 Å². The van der Waals surface area contributed by atoms with Gasteiger partial charge in [0.15, 0.2) is 0 Å². The molecule has 0 aliphatic carbocycles. The van der Waals surface area contributed by atoms with Crippen molar-refractivity contribution < 1.29 is 13.2 Å². The van der Waals surface area contributed by atoms with Gasteiger partial charge in [0.1, 0.15) is 0 Å². The number of amides is 1. The van der Waals surface area contributed by atoms with E-state index in [1.54, 1.807) is 25.1 Å². The number of carbonyl (C=O) groups is 1. The van der Waals surface area contributed by atoms with Crippen LogP contribution >= 0.6 is 0 Å². The first-order valence-corrected chi connectivity index (χ1v) is 7.77. The summed E-state index contributed by atoms with van der Waals surface area (Å²) < 4.78 is 24.7. The number of rotatable bonds is 5. The summed E-state index contributed by atoms with van der Waals surface area (Å²) in [6, 6.07) is 4.37. The zero-order chi connectivity index (χ0) is 14.6. The predicted molar refractivity (Wildman–Crippen MR) is 76.5 cm³/mol. The molecule has 19 heavy (non-hydrogen) atoms. The van der Waals surface area contributed by atoms with Crippen LogP contribution in [0.15, 0.2) is 18.2 Å². The van der Waals surface area contributed by atoms with E-state index in [4.69, 9.17) is 5.73 Å². The number of sulfonamides is 1. The predicted octanol–water partition coefficient (Wildman–Crippen LogP) is 1.04.